The van der Waals surface area contributed by atoms with Gasteiger partial charge in [0.2, 0.25) is 11.8 Å². The minimum Gasteiger partial charge on any atom is -0.445 e. The number of nitrogens with zero attached hydrogens (tertiary/aromatic N) is 1. The lowest BCUT2D eigenvalue weighted by Crippen LogP contribution is -2.53. The number of nitrogens with one attached hydrogen (secondary N) is 2. The van der Waals surface area contributed by atoms with Crippen LogP contribution >= 0.6 is 0 Å². The van der Waals surface area contributed by atoms with Crippen molar-refractivity contribution in [1.82, 2.24) is 10.3 Å². The maximum absolute atomic E-state index is 12.3. The molecular formula is C17H22N4O3. The molecule has 4 N–H and O–H groups in total. The van der Waals surface area contributed by atoms with Crippen molar-refractivity contribution in [2.75, 3.05) is 5.32 Å². The Kier molecular flexibility index (Phi) is 4.92. The number of nitrogens with two attached hydrogens (primary N) is 1. The van der Waals surface area contributed by atoms with Gasteiger partial charge in [0.15, 0.2) is 0 Å². The normalized spacial score (nSPS) is 12.5. The fraction of sp³-hybridized carbons (Fsp3) is 0.353. The first-order valence-electron chi connectivity index (χ1n) is 7.56. The molecule has 0 saturated heterocycles. The summed E-state index contributed by atoms with van der Waals surface area (Å²) in [5.41, 5.74) is 7.10. The van der Waals surface area contributed by atoms with Crippen LogP contribution in [-0.4, -0.2) is 23.0 Å². The van der Waals surface area contributed by atoms with Gasteiger partial charge in [-0.3, -0.25) is 4.79 Å². The van der Waals surface area contributed by atoms with Gasteiger partial charge in [0, 0.05) is 11.3 Å². The number of amides is 3. The molecule has 0 spiro atoms. The minimum atomic E-state index is -0.785. The highest BCUT2D eigenvalue weighted by Crippen LogP contribution is 2.24. The zero-order chi connectivity index (χ0) is 17.9. The lowest BCUT2D eigenvalue weighted by Gasteiger charge is -2.28. The summed E-state index contributed by atoms with van der Waals surface area (Å²) in [7, 11) is 0. The number of rotatable bonds is 4. The number of hydrogen-bond donors (Lipinski definition) is 3. The number of aromatic nitrogens is 1. The number of urea groups is 1. The lowest BCUT2D eigenvalue weighted by atomic mass is 9.86. The van der Waals surface area contributed by atoms with E-state index in [2.05, 4.69) is 15.6 Å². The van der Waals surface area contributed by atoms with Crippen LogP contribution in [0.5, 0.6) is 0 Å². The third-order valence-corrected chi connectivity index (χ3v) is 3.59. The van der Waals surface area contributed by atoms with Gasteiger partial charge in [-0.25, -0.2) is 9.78 Å². The van der Waals surface area contributed by atoms with Crippen molar-refractivity contribution < 1.29 is 14.0 Å². The predicted molar refractivity (Wildman–Crippen MR) is 91.3 cm³/mol. The first-order chi connectivity index (χ1) is 11.2. The van der Waals surface area contributed by atoms with Gasteiger partial charge in [-0.15, -0.1) is 0 Å². The number of aryl methyl sites for hydroxylation is 1. The van der Waals surface area contributed by atoms with Crippen LogP contribution < -0.4 is 16.4 Å². The molecule has 0 aliphatic rings. The van der Waals surface area contributed by atoms with E-state index in [1.807, 2.05) is 39.8 Å². The van der Waals surface area contributed by atoms with Crippen LogP contribution in [0.4, 0.5) is 10.5 Å². The number of primary amides is 1. The van der Waals surface area contributed by atoms with E-state index < -0.39 is 23.4 Å². The van der Waals surface area contributed by atoms with Gasteiger partial charge < -0.3 is 20.8 Å². The topological polar surface area (TPSA) is 110 Å². The summed E-state index contributed by atoms with van der Waals surface area (Å²) in [5.74, 6) is -0.119. The fourth-order valence-electron chi connectivity index (χ4n) is 2.26. The molecule has 1 aromatic carbocycles. The van der Waals surface area contributed by atoms with Gasteiger partial charge in [-0.2, -0.15) is 0 Å². The second-order valence-corrected chi connectivity index (χ2v) is 6.67. The summed E-state index contributed by atoms with van der Waals surface area (Å²) in [6, 6.07) is 4.18. The van der Waals surface area contributed by atoms with Crippen LogP contribution in [0.1, 0.15) is 26.3 Å². The molecule has 1 atom stereocenters. The third-order valence-electron chi connectivity index (χ3n) is 3.59. The van der Waals surface area contributed by atoms with Gasteiger partial charge in [-0.05, 0) is 30.0 Å². The highest BCUT2D eigenvalue weighted by Gasteiger charge is 2.31. The zero-order valence-corrected chi connectivity index (χ0v) is 14.2. The Morgan fingerprint density at radius 3 is 2.54 bits per heavy atom. The standard InChI is InChI=1S/C17H22N4O3/c1-10-5-6-11(15-19-7-8-24-15)9-12(10)20-16(23)21-13(14(18)22)17(2,3)4/h5-9,13H,1-4H3,(H2,18,22)(H2,20,21,23)/t13-/m1/s1. The largest absolute Gasteiger partial charge is 0.445 e. The van der Waals surface area contributed by atoms with Crippen LogP contribution in [0.2, 0.25) is 0 Å². The van der Waals surface area contributed by atoms with E-state index in [4.69, 9.17) is 10.2 Å². The summed E-state index contributed by atoms with van der Waals surface area (Å²) < 4.78 is 5.26. The van der Waals surface area contributed by atoms with Crippen LogP contribution in [0.3, 0.4) is 0 Å². The Morgan fingerprint density at radius 2 is 2.00 bits per heavy atom. The van der Waals surface area contributed by atoms with E-state index in [9.17, 15) is 9.59 Å². The number of oxazole rings is 1. The summed E-state index contributed by atoms with van der Waals surface area (Å²) in [6.45, 7) is 7.36. The number of carbonyl (C=O) groups is 2. The molecule has 0 radical (unpaired) electrons. The molecule has 0 fully saturated rings. The van der Waals surface area contributed by atoms with Crippen molar-refractivity contribution in [2.24, 2.45) is 11.1 Å². The second kappa shape index (κ2) is 6.74. The van der Waals surface area contributed by atoms with E-state index in [-0.39, 0.29) is 0 Å². The van der Waals surface area contributed by atoms with E-state index in [0.717, 1.165) is 11.1 Å². The number of carbonyl (C=O) groups excluding carboxylic acids is 2. The molecule has 3 amide bonds. The van der Waals surface area contributed by atoms with Crippen molar-refractivity contribution >= 4 is 17.6 Å². The number of anilines is 1. The average molecular weight is 330 g/mol. The zero-order valence-electron chi connectivity index (χ0n) is 14.2. The molecule has 2 rings (SSSR count). The predicted octanol–water partition coefficient (Wildman–Crippen LogP) is 2.67. The van der Waals surface area contributed by atoms with E-state index in [1.54, 1.807) is 12.3 Å². The maximum Gasteiger partial charge on any atom is 0.319 e. The first-order valence-corrected chi connectivity index (χ1v) is 7.56. The molecule has 1 aromatic heterocycles. The monoisotopic (exact) mass is 330 g/mol. The van der Waals surface area contributed by atoms with Crippen LogP contribution in [0.15, 0.2) is 35.1 Å². The van der Waals surface area contributed by atoms with Crippen molar-refractivity contribution in [3.8, 4) is 11.5 Å². The molecule has 1 heterocycles. The summed E-state index contributed by atoms with van der Waals surface area (Å²) in [4.78, 5) is 27.9. The third kappa shape index (κ3) is 4.13. The second-order valence-electron chi connectivity index (χ2n) is 6.67. The smallest absolute Gasteiger partial charge is 0.319 e. The highest BCUT2D eigenvalue weighted by atomic mass is 16.3. The molecule has 0 bridgehead atoms. The summed E-state index contributed by atoms with van der Waals surface area (Å²) in [5, 5.41) is 5.37. The van der Waals surface area contributed by atoms with Crippen LogP contribution in [0, 0.1) is 12.3 Å². The van der Waals surface area contributed by atoms with E-state index in [0.29, 0.717) is 11.6 Å². The fourth-order valence-corrected chi connectivity index (χ4v) is 2.26. The van der Waals surface area contributed by atoms with Gasteiger partial charge in [0.05, 0.1) is 6.20 Å². The van der Waals surface area contributed by atoms with Gasteiger partial charge in [0.1, 0.15) is 12.3 Å². The maximum atomic E-state index is 12.3. The molecule has 0 unspecified atom stereocenters. The van der Waals surface area contributed by atoms with Crippen molar-refractivity contribution in [1.29, 1.82) is 0 Å². The van der Waals surface area contributed by atoms with Crippen molar-refractivity contribution in [2.45, 2.75) is 33.7 Å². The summed E-state index contributed by atoms with van der Waals surface area (Å²) in [6.07, 6.45) is 3.03. The van der Waals surface area contributed by atoms with Gasteiger partial charge in [-0.1, -0.05) is 26.8 Å². The first kappa shape index (κ1) is 17.5. The molecule has 2 aromatic rings. The van der Waals surface area contributed by atoms with Crippen molar-refractivity contribution in [3.63, 3.8) is 0 Å². The molecule has 0 aliphatic carbocycles. The molecule has 7 nitrogen and oxygen atoms in total. The Balaban J connectivity index is 2.17. The Hall–Kier alpha value is -2.83. The molecule has 7 heteroatoms. The minimum absolute atomic E-state index is 0.461. The molecule has 0 saturated carbocycles. The molecule has 0 aliphatic heterocycles. The molecule has 24 heavy (non-hydrogen) atoms. The SMILES string of the molecule is Cc1ccc(-c2ncco2)cc1NC(=O)N[C@H](C(N)=O)C(C)(C)C. The van der Waals surface area contributed by atoms with Crippen LogP contribution in [0.25, 0.3) is 11.5 Å². The summed E-state index contributed by atoms with van der Waals surface area (Å²) >= 11 is 0. The van der Waals surface area contributed by atoms with E-state index in [1.165, 1.54) is 6.26 Å². The van der Waals surface area contributed by atoms with E-state index >= 15 is 0 Å². The Morgan fingerprint density at radius 1 is 1.29 bits per heavy atom. The van der Waals surface area contributed by atoms with Crippen LogP contribution in [-0.2, 0) is 4.79 Å². The Bertz CT molecular complexity index is 733. The van der Waals surface area contributed by atoms with Crippen molar-refractivity contribution in [3.05, 3.63) is 36.2 Å². The van der Waals surface area contributed by atoms with Gasteiger partial charge >= 0.3 is 6.03 Å². The Labute approximate surface area is 140 Å². The number of benzene rings is 1. The highest BCUT2D eigenvalue weighted by molar-refractivity contribution is 5.94. The molecular weight excluding hydrogens is 308 g/mol. The average Bonchev–Trinajstić information content (AvgIpc) is 3.00. The number of hydrogen-bond acceptors (Lipinski definition) is 4. The van der Waals surface area contributed by atoms with Gasteiger partial charge in [0.25, 0.3) is 0 Å². The quantitative estimate of drug-likeness (QED) is 0.800. The lowest BCUT2D eigenvalue weighted by molar-refractivity contribution is -0.122. The molecule has 128 valence electrons.